The molecule has 0 saturated carbocycles. The van der Waals surface area contributed by atoms with Gasteiger partial charge in [-0.1, -0.05) is 11.2 Å². The summed E-state index contributed by atoms with van der Waals surface area (Å²) in [6, 6.07) is 7.67. The molecule has 1 saturated heterocycles. The third kappa shape index (κ3) is 2.20. The van der Waals surface area contributed by atoms with Crippen molar-refractivity contribution in [3.8, 4) is 11.5 Å². The zero-order valence-electron chi connectivity index (χ0n) is 12.2. The summed E-state index contributed by atoms with van der Waals surface area (Å²) in [7, 11) is 0. The lowest BCUT2D eigenvalue weighted by Crippen LogP contribution is -2.28. The van der Waals surface area contributed by atoms with E-state index in [1.807, 2.05) is 23.1 Å². The van der Waals surface area contributed by atoms with E-state index < -0.39 is 0 Å². The summed E-state index contributed by atoms with van der Waals surface area (Å²) in [6.07, 6.45) is 0.933. The third-order valence-corrected chi connectivity index (χ3v) is 4.19. The molecule has 4 rings (SSSR count). The molecule has 2 aliphatic heterocycles. The monoisotopic (exact) mass is 300 g/mol. The highest BCUT2D eigenvalue weighted by Crippen LogP contribution is 2.37. The number of aryl methyl sites for hydroxylation is 1. The van der Waals surface area contributed by atoms with Gasteiger partial charge in [0.05, 0.1) is 0 Å². The van der Waals surface area contributed by atoms with Crippen molar-refractivity contribution in [2.24, 2.45) is 0 Å². The molecule has 1 unspecified atom stereocenters. The number of benzene rings is 1. The normalized spacial score (nSPS) is 19.7. The molecule has 0 N–H and O–H groups in total. The lowest BCUT2D eigenvalue weighted by molar-refractivity contribution is 0.0780. The van der Waals surface area contributed by atoms with Crippen molar-refractivity contribution in [2.45, 2.75) is 19.3 Å². The SMILES string of the molecule is Cc1cc(C(=O)N2CCC(c3ccc4c(c3)OCO4)C2)no1. The average Bonchev–Trinajstić information content (AvgIpc) is 3.25. The van der Waals surface area contributed by atoms with Crippen molar-refractivity contribution < 1.29 is 18.8 Å². The molecular formula is C16H16N2O4. The summed E-state index contributed by atoms with van der Waals surface area (Å²) in [5, 5.41) is 3.80. The molecule has 2 aliphatic rings. The number of amides is 1. The van der Waals surface area contributed by atoms with Gasteiger partial charge < -0.3 is 18.9 Å². The second-order valence-electron chi connectivity index (χ2n) is 5.67. The highest BCUT2D eigenvalue weighted by atomic mass is 16.7. The minimum absolute atomic E-state index is 0.0694. The van der Waals surface area contributed by atoms with Gasteiger partial charge in [0.15, 0.2) is 17.2 Å². The van der Waals surface area contributed by atoms with Crippen LogP contribution < -0.4 is 9.47 Å². The van der Waals surface area contributed by atoms with Gasteiger partial charge in [-0.2, -0.15) is 0 Å². The minimum Gasteiger partial charge on any atom is -0.454 e. The van der Waals surface area contributed by atoms with Gasteiger partial charge in [-0.3, -0.25) is 4.79 Å². The summed E-state index contributed by atoms with van der Waals surface area (Å²) >= 11 is 0. The summed E-state index contributed by atoms with van der Waals surface area (Å²) in [6.45, 7) is 3.47. The Bertz CT molecular complexity index is 725. The van der Waals surface area contributed by atoms with Gasteiger partial charge in [0.25, 0.3) is 5.91 Å². The van der Waals surface area contributed by atoms with E-state index in [-0.39, 0.29) is 12.7 Å². The van der Waals surface area contributed by atoms with Gasteiger partial charge in [-0.15, -0.1) is 0 Å². The number of hydrogen-bond donors (Lipinski definition) is 0. The minimum atomic E-state index is -0.0694. The molecule has 1 atom stereocenters. The van der Waals surface area contributed by atoms with Gasteiger partial charge in [-0.05, 0) is 31.0 Å². The van der Waals surface area contributed by atoms with Gasteiger partial charge in [0, 0.05) is 25.1 Å². The number of rotatable bonds is 2. The van der Waals surface area contributed by atoms with E-state index in [2.05, 4.69) is 5.16 Å². The van der Waals surface area contributed by atoms with E-state index in [0.29, 0.717) is 23.9 Å². The van der Waals surface area contributed by atoms with Crippen LogP contribution in [0.2, 0.25) is 0 Å². The molecule has 114 valence electrons. The average molecular weight is 300 g/mol. The molecule has 1 aromatic heterocycles. The fourth-order valence-electron chi connectivity index (χ4n) is 3.01. The summed E-state index contributed by atoms with van der Waals surface area (Å²) in [5.74, 6) is 2.46. The number of carbonyl (C=O) groups is 1. The standard InChI is InChI=1S/C16H16N2O4/c1-10-6-13(17-22-10)16(19)18-5-4-12(8-18)11-2-3-14-15(7-11)21-9-20-14/h2-3,6-7,12H,4-5,8-9H2,1H3. The molecule has 6 heteroatoms. The van der Waals surface area contributed by atoms with E-state index in [4.69, 9.17) is 14.0 Å². The maximum atomic E-state index is 12.4. The van der Waals surface area contributed by atoms with E-state index in [0.717, 1.165) is 24.5 Å². The Balaban J connectivity index is 1.49. The predicted molar refractivity (Wildman–Crippen MR) is 77.1 cm³/mol. The lowest BCUT2D eigenvalue weighted by Gasteiger charge is -2.15. The fourth-order valence-corrected chi connectivity index (χ4v) is 3.01. The first kappa shape index (κ1) is 13.2. The lowest BCUT2D eigenvalue weighted by atomic mass is 9.98. The summed E-state index contributed by atoms with van der Waals surface area (Å²) < 4.78 is 15.7. The van der Waals surface area contributed by atoms with Gasteiger partial charge in [0.2, 0.25) is 6.79 Å². The number of likely N-dealkylation sites (tertiary alicyclic amines) is 1. The van der Waals surface area contributed by atoms with Gasteiger partial charge in [0.1, 0.15) is 5.76 Å². The van der Waals surface area contributed by atoms with Crippen LogP contribution in [0.4, 0.5) is 0 Å². The largest absolute Gasteiger partial charge is 0.454 e. The molecule has 3 heterocycles. The van der Waals surface area contributed by atoms with Crippen LogP contribution in [0.1, 0.15) is 34.2 Å². The predicted octanol–water partition coefficient (Wildman–Crippen LogP) is 2.34. The second kappa shape index (κ2) is 5.05. The quantitative estimate of drug-likeness (QED) is 0.851. The Kier molecular flexibility index (Phi) is 3.03. The number of aromatic nitrogens is 1. The summed E-state index contributed by atoms with van der Waals surface area (Å²) in [4.78, 5) is 14.2. The highest BCUT2D eigenvalue weighted by Gasteiger charge is 2.30. The zero-order chi connectivity index (χ0) is 15.1. The van der Waals surface area contributed by atoms with Crippen molar-refractivity contribution in [2.75, 3.05) is 19.9 Å². The van der Waals surface area contributed by atoms with Crippen LogP contribution >= 0.6 is 0 Å². The van der Waals surface area contributed by atoms with Crippen LogP contribution in [-0.2, 0) is 0 Å². The third-order valence-electron chi connectivity index (χ3n) is 4.19. The van der Waals surface area contributed by atoms with E-state index >= 15 is 0 Å². The number of carbonyl (C=O) groups excluding carboxylic acids is 1. The van der Waals surface area contributed by atoms with Crippen LogP contribution in [0.15, 0.2) is 28.8 Å². The first-order chi connectivity index (χ1) is 10.7. The molecule has 1 amide bonds. The Morgan fingerprint density at radius 1 is 1.27 bits per heavy atom. The molecule has 0 spiro atoms. The Hall–Kier alpha value is -2.50. The van der Waals surface area contributed by atoms with Crippen LogP contribution in [0, 0.1) is 6.92 Å². The first-order valence-electron chi connectivity index (χ1n) is 7.33. The van der Waals surface area contributed by atoms with Gasteiger partial charge >= 0.3 is 0 Å². The van der Waals surface area contributed by atoms with Crippen molar-refractivity contribution in [1.82, 2.24) is 10.1 Å². The number of hydrogen-bond acceptors (Lipinski definition) is 5. The van der Waals surface area contributed by atoms with Crippen LogP contribution in [-0.4, -0.2) is 35.8 Å². The van der Waals surface area contributed by atoms with Crippen molar-refractivity contribution in [3.63, 3.8) is 0 Å². The number of ether oxygens (including phenoxy) is 2. The highest BCUT2D eigenvalue weighted by molar-refractivity contribution is 5.92. The van der Waals surface area contributed by atoms with E-state index in [9.17, 15) is 4.79 Å². The van der Waals surface area contributed by atoms with Crippen LogP contribution in [0.25, 0.3) is 0 Å². The van der Waals surface area contributed by atoms with Crippen molar-refractivity contribution in [1.29, 1.82) is 0 Å². The Morgan fingerprint density at radius 2 is 2.14 bits per heavy atom. The summed E-state index contributed by atoms with van der Waals surface area (Å²) in [5.41, 5.74) is 1.56. The molecule has 2 aromatic rings. The number of nitrogens with zero attached hydrogens (tertiary/aromatic N) is 2. The maximum absolute atomic E-state index is 12.4. The first-order valence-corrected chi connectivity index (χ1v) is 7.33. The van der Waals surface area contributed by atoms with Crippen molar-refractivity contribution >= 4 is 5.91 Å². The Labute approximate surface area is 127 Å². The molecule has 1 fully saturated rings. The second-order valence-corrected chi connectivity index (χ2v) is 5.67. The topological polar surface area (TPSA) is 64.8 Å². The molecule has 6 nitrogen and oxygen atoms in total. The molecular weight excluding hydrogens is 284 g/mol. The molecule has 22 heavy (non-hydrogen) atoms. The maximum Gasteiger partial charge on any atom is 0.276 e. The fraction of sp³-hybridized carbons (Fsp3) is 0.375. The van der Waals surface area contributed by atoms with Crippen LogP contribution in [0.5, 0.6) is 11.5 Å². The van der Waals surface area contributed by atoms with Crippen molar-refractivity contribution in [3.05, 3.63) is 41.3 Å². The smallest absolute Gasteiger partial charge is 0.276 e. The van der Waals surface area contributed by atoms with E-state index in [1.54, 1.807) is 13.0 Å². The van der Waals surface area contributed by atoms with Gasteiger partial charge in [-0.25, -0.2) is 0 Å². The van der Waals surface area contributed by atoms with E-state index in [1.165, 1.54) is 5.56 Å². The van der Waals surface area contributed by atoms with Crippen LogP contribution in [0.3, 0.4) is 0 Å². The Morgan fingerprint density at radius 3 is 2.95 bits per heavy atom. The molecule has 0 bridgehead atoms. The zero-order valence-corrected chi connectivity index (χ0v) is 12.2. The molecule has 0 aliphatic carbocycles. The molecule has 0 radical (unpaired) electrons. The molecule has 1 aromatic carbocycles. The number of fused-ring (bicyclic) bond motifs is 1.